The molecule has 0 aliphatic heterocycles. The Labute approximate surface area is 118 Å². The van der Waals surface area contributed by atoms with Gasteiger partial charge in [-0.3, -0.25) is 9.59 Å². The van der Waals surface area contributed by atoms with E-state index < -0.39 is 11.9 Å². The molecule has 0 fully saturated rings. The fraction of sp³-hybridized carbons (Fsp3) is 0.467. The van der Waals surface area contributed by atoms with Gasteiger partial charge >= 0.3 is 5.97 Å². The summed E-state index contributed by atoms with van der Waals surface area (Å²) < 4.78 is 5.27. The average molecular weight is 279 g/mol. The number of nitrogens with one attached hydrogen (secondary N) is 1. The normalized spacial score (nSPS) is 12.2. The van der Waals surface area contributed by atoms with Crippen molar-refractivity contribution in [2.24, 2.45) is 0 Å². The van der Waals surface area contributed by atoms with E-state index in [9.17, 15) is 14.7 Å². The van der Waals surface area contributed by atoms with Gasteiger partial charge in [-0.05, 0) is 19.4 Å². The summed E-state index contributed by atoms with van der Waals surface area (Å²) in [4.78, 5) is 22.8. The van der Waals surface area contributed by atoms with Crippen LogP contribution in [0.5, 0.6) is 0 Å². The molecule has 0 bridgehead atoms. The first kappa shape index (κ1) is 16.2. The van der Waals surface area contributed by atoms with Crippen molar-refractivity contribution in [3.05, 3.63) is 35.9 Å². The highest BCUT2D eigenvalue weighted by atomic mass is 16.5. The Hall–Kier alpha value is -1.88. The minimum atomic E-state index is -0.949. The number of carbonyl (C=O) groups excluding carboxylic acids is 1. The molecule has 5 heteroatoms. The third-order valence-electron chi connectivity index (χ3n) is 2.78. The van der Waals surface area contributed by atoms with Gasteiger partial charge in [-0.15, -0.1) is 0 Å². The SMILES string of the molecule is CC(C)OCCC(=O)NCC(C(=O)O)c1ccccc1. The van der Waals surface area contributed by atoms with Gasteiger partial charge in [0.05, 0.1) is 18.6 Å². The lowest BCUT2D eigenvalue weighted by Gasteiger charge is -2.14. The maximum absolute atomic E-state index is 11.6. The van der Waals surface area contributed by atoms with Crippen molar-refractivity contribution in [2.45, 2.75) is 32.3 Å². The first-order valence-electron chi connectivity index (χ1n) is 6.66. The van der Waals surface area contributed by atoms with E-state index in [1.54, 1.807) is 24.3 Å². The lowest BCUT2D eigenvalue weighted by Crippen LogP contribution is -2.32. The monoisotopic (exact) mass is 279 g/mol. The quantitative estimate of drug-likeness (QED) is 0.760. The molecule has 5 nitrogen and oxygen atoms in total. The van der Waals surface area contributed by atoms with Crippen LogP contribution in [-0.4, -0.2) is 36.2 Å². The van der Waals surface area contributed by atoms with Gasteiger partial charge in [0.2, 0.25) is 5.91 Å². The van der Waals surface area contributed by atoms with Gasteiger partial charge in [0.15, 0.2) is 0 Å². The number of carboxylic acid groups (broad SMARTS) is 1. The third kappa shape index (κ3) is 5.84. The number of hydrogen-bond acceptors (Lipinski definition) is 3. The number of carbonyl (C=O) groups is 2. The summed E-state index contributed by atoms with van der Waals surface area (Å²) in [7, 11) is 0. The van der Waals surface area contributed by atoms with Crippen molar-refractivity contribution in [2.75, 3.05) is 13.2 Å². The van der Waals surface area contributed by atoms with Crippen molar-refractivity contribution in [3.63, 3.8) is 0 Å². The second-order valence-electron chi connectivity index (χ2n) is 4.78. The maximum Gasteiger partial charge on any atom is 0.312 e. The van der Waals surface area contributed by atoms with E-state index in [0.29, 0.717) is 12.2 Å². The second kappa shape index (κ2) is 8.32. The summed E-state index contributed by atoms with van der Waals surface area (Å²) in [5, 5.41) is 11.8. The maximum atomic E-state index is 11.6. The molecule has 20 heavy (non-hydrogen) atoms. The topological polar surface area (TPSA) is 75.6 Å². The Morgan fingerprint density at radius 2 is 1.90 bits per heavy atom. The van der Waals surface area contributed by atoms with Crippen LogP contribution >= 0.6 is 0 Å². The van der Waals surface area contributed by atoms with E-state index in [1.165, 1.54) is 0 Å². The number of rotatable bonds is 8. The summed E-state index contributed by atoms with van der Waals surface area (Å²) in [6, 6.07) is 8.87. The second-order valence-corrected chi connectivity index (χ2v) is 4.78. The third-order valence-corrected chi connectivity index (χ3v) is 2.78. The molecule has 0 spiro atoms. The minimum Gasteiger partial charge on any atom is -0.481 e. The Balaban J connectivity index is 2.44. The molecule has 1 atom stereocenters. The van der Waals surface area contributed by atoms with Crippen molar-refractivity contribution < 1.29 is 19.4 Å². The van der Waals surface area contributed by atoms with Gasteiger partial charge in [-0.1, -0.05) is 30.3 Å². The predicted molar refractivity (Wildman–Crippen MR) is 75.5 cm³/mol. The number of carboxylic acids is 1. The molecule has 1 amide bonds. The molecule has 0 heterocycles. The Morgan fingerprint density at radius 1 is 1.25 bits per heavy atom. The molecular weight excluding hydrogens is 258 g/mol. The molecule has 0 aliphatic carbocycles. The van der Waals surface area contributed by atoms with Crippen LogP contribution in [0.15, 0.2) is 30.3 Å². The van der Waals surface area contributed by atoms with Crippen LogP contribution in [0.4, 0.5) is 0 Å². The summed E-state index contributed by atoms with van der Waals surface area (Å²) in [5.41, 5.74) is 0.679. The van der Waals surface area contributed by atoms with E-state index in [2.05, 4.69) is 5.32 Å². The highest BCUT2D eigenvalue weighted by molar-refractivity contribution is 5.79. The van der Waals surface area contributed by atoms with E-state index >= 15 is 0 Å². The first-order valence-corrected chi connectivity index (χ1v) is 6.66. The van der Waals surface area contributed by atoms with E-state index in [1.807, 2.05) is 19.9 Å². The molecule has 0 aromatic heterocycles. The molecule has 1 unspecified atom stereocenters. The molecular formula is C15H21NO4. The van der Waals surface area contributed by atoms with Crippen molar-refractivity contribution in [1.29, 1.82) is 0 Å². The molecule has 110 valence electrons. The molecule has 2 N–H and O–H groups in total. The lowest BCUT2D eigenvalue weighted by atomic mass is 9.99. The van der Waals surface area contributed by atoms with Crippen LogP contribution in [0.3, 0.4) is 0 Å². The van der Waals surface area contributed by atoms with Gasteiger partial charge in [0, 0.05) is 13.0 Å². The average Bonchev–Trinajstić information content (AvgIpc) is 2.39. The zero-order valence-corrected chi connectivity index (χ0v) is 11.8. The summed E-state index contributed by atoms with van der Waals surface area (Å²) in [6.07, 6.45) is 0.318. The zero-order valence-electron chi connectivity index (χ0n) is 11.8. The van der Waals surface area contributed by atoms with Crippen LogP contribution in [0, 0.1) is 0 Å². The fourth-order valence-electron chi connectivity index (χ4n) is 1.72. The summed E-state index contributed by atoms with van der Waals surface area (Å²) >= 11 is 0. The predicted octanol–water partition coefficient (Wildman–Crippen LogP) is 1.79. The fourth-order valence-corrected chi connectivity index (χ4v) is 1.72. The zero-order chi connectivity index (χ0) is 15.0. The van der Waals surface area contributed by atoms with E-state index in [4.69, 9.17) is 4.74 Å². The largest absolute Gasteiger partial charge is 0.481 e. The smallest absolute Gasteiger partial charge is 0.312 e. The standard InChI is InChI=1S/C15H21NO4/c1-11(2)20-9-8-14(17)16-10-13(15(18)19)12-6-4-3-5-7-12/h3-7,11,13H,8-10H2,1-2H3,(H,16,17)(H,18,19). The molecule has 0 radical (unpaired) electrons. The number of benzene rings is 1. The van der Waals surface area contributed by atoms with Crippen molar-refractivity contribution >= 4 is 11.9 Å². The number of amides is 1. The molecule has 1 aromatic rings. The van der Waals surface area contributed by atoms with Gasteiger partial charge in [0.1, 0.15) is 0 Å². The van der Waals surface area contributed by atoms with Crippen LogP contribution in [0.1, 0.15) is 31.7 Å². The summed E-state index contributed by atoms with van der Waals surface area (Å²) in [6.45, 7) is 4.22. The highest BCUT2D eigenvalue weighted by Crippen LogP contribution is 2.14. The number of aliphatic carboxylic acids is 1. The molecule has 1 aromatic carbocycles. The van der Waals surface area contributed by atoms with Crippen LogP contribution in [0.2, 0.25) is 0 Å². The van der Waals surface area contributed by atoms with Gasteiger partial charge in [-0.2, -0.15) is 0 Å². The van der Waals surface area contributed by atoms with Crippen molar-refractivity contribution in [3.8, 4) is 0 Å². The lowest BCUT2D eigenvalue weighted by molar-refractivity contribution is -0.138. The summed E-state index contributed by atoms with van der Waals surface area (Å²) in [5.74, 6) is -1.88. The minimum absolute atomic E-state index is 0.0823. The molecule has 0 saturated heterocycles. The molecule has 0 aliphatic rings. The van der Waals surface area contributed by atoms with Crippen LogP contribution in [0.25, 0.3) is 0 Å². The molecule has 0 saturated carbocycles. The Kier molecular flexibility index (Phi) is 6.73. The first-order chi connectivity index (χ1) is 9.50. The molecule has 1 rings (SSSR count). The number of ether oxygens (including phenoxy) is 1. The van der Waals surface area contributed by atoms with E-state index in [0.717, 1.165) is 0 Å². The number of hydrogen-bond donors (Lipinski definition) is 2. The van der Waals surface area contributed by atoms with Crippen LogP contribution < -0.4 is 5.32 Å². The Morgan fingerprint density at radius 3 is 2.45 bits per heavy atom. The van der Waals surface area contributed by atoms with E-state index in [-0.39, 0.29) is 25.0 Å². The van der Waals surface area contributed by atoms with Gasteiger partial charge in [-0.25, -0.2) is 0 Å². The van der Waals surface area contributed by atoms with Gasteiger partial charge in [0.25, 0.3) is 0 Å². The Bertz CT molecular complexity index is 431. The van der Waals surface area contributed by atoms with Crippen molar-refractivity contribution in [1.82, 2.24) is 5.32 Å². The van der Waals surface area contributed by atoms with Gasteiger partial charge < -0.3 is 15.2 Å². The van der Waals surface area contributed by atoms with Crippen LogP contribution in [-0.2, 0) is 14.3 Å². The highest BCUT2D eigenvalue weighted by Gasteiger charge is 2.20.